The summed E-state index contributed by atoms with van der Waals surface area (Å²) in [6.45, 7) is 0.628. The zero-order chi connectivity index (χ0) is 13.7. The molecule has 0 aliphatic rings. The second-order valence-electron chi connectivity index (χ2n) is 4.08. The molecule has 0 radical (unpaired) electrons. The molecule has 1 aromatic heterocycles. The number of rotatable bonds is 6. The van der Waals surface area contributed by atoms with Crippen LogP contribution in [0.25, 0.3) is 0 Å². The van der Waals surface area contributed by atoms with Crippen molar-refractivity contribution in [2.45, 2.75) is 18.8 Å². The molecule has 0 aliphatic carbocycles. The van der Waals surface area contributed by atoms with Gasteiger partial charge in [0.25, 0.3) is 0 Å². The molecule has 5 nitrogen and oxygen atoms in total. The standard InChI is InChI=1S/C12H15N3O2S2/c13-5-10-2-1-3-11(4-10)8-19(16,17)15-6-12-7-18-9-14-12/h1-4,7,9,15H,5-6,8,13H2. The van der Waals surface area contributed by atoms with E-state index in [1.807, 2.05) is 23.6 Å². The number of thiazole rings is 1. The van der Waals surface area contributed by atoms with Crippen LogP contribution in [0.3, 0.4) is 0 Å². The highest BCUT2D eigenvalue weighted by atomic mass is 32.2. The van der Waals surface area contributed by atoms with Gasteiger partial charge in [0.05, 0.1) is 23.5 Å². The van der Waals surface area contributed by atoms with Crippen LogP contribution in [0, 0.1) is 0 Å². The average molecular weight is 297 g/mol. The first-order valence-corrected chi connectivity index (χ1v) is 8.31. The van der Waals surface area contributed by atoms with Gasteiger partial charge in [0.2, 0.25) is 10.0 Å². The van der Waals surface area contributed by atoms with Crippen LogP contribution >= 0.6 is 11.3 Å². The zero-order valence-corrected chi connectivity index (χ0v) is 11.9. The summed E-state index contributed by atoms with van der Waals surface area (Å²) < 4.78 is 26.4. The normalized spacial score (nSPS) is 11.6. The Balaban J connectivity index is 2.00. The number of hydrogen-bond donors (Lipinski definition) is 2. The molecule has 102 valence electrons. The summed E-state index contributed by atoms with van der Waals surface area (Å²) in [4.78, 5) is 4.03. The molecule has 0 unspecified atom stereocenters. The number of nitrogens with zero attached hydrogens (tertiary/aromatic N) is 1. The molecular weight excluding hydrogens is 282 g/mol. The number of hydrogen-bond acceptors (Lipinski definition) is 5. The molecule has 0 amide bonds. The molecule has 1 heterocycles. The molecule has 0 spiro atoms. The van der Waals surface area contributed by atoms with Crippen molar-refractivity contribution in [2.24, 2.45) is 5.73 Å². The Morgan fingerprint density at radius 2 is 2.11 bits per heavy atom. The molecule has 2 rings (SSSR count). The number of aromatic nitrogens is 1. The van der Waals surface area contributed by atoms with Crippen molar-refractivity contribution in [1.29, 1.82) is 0 Å². The molecule has 0 bridgehead atoms. The minimum Gasteiger partial charge on any atom is -0.326 e. The van der Waals surface area contributed by atoms with E-state index in [4.69, 9.17) is 5.73 Å². The van der Waals surface area contributed by atoms with E-state index in [0.717, 1.165) is 16.8 Å². The Bertz CT molecular complexity index is 624. The SMILES string of the molecule is NCc1cccc(CS(=O)(=O)NCc2cscn2)c1. The summed E-state index contributed by atoms with van der Waals surface area (Å²) in [5.41, 5.74) is 9.59. The van der Waals surface area contributed by atoms with E-state index < -0.39 is 10.0 Å². The molecule has 0 aliphatic heterocycles. The van der Waals surface area contributed by atoms with Gasteiger partial charge in [0.15, 0.2) is 0 Å². The molecular formula is C12H15N3O2S2. The van der Waals surface area contributed by atoms with Gasteiger partial charge < -0.3 is 5.73 Å². The van der Waals surface area contributed by atoms with Gasteiger partial charge in [-0.25, -0.2) is 18.1 Å². The zero-order valence-electron chi connectivity index (χ0n) is 10.2. The van der Waals surface area contributed by atoms with Gasteiger partial charge in [0, 0.05) is 11.9 Å². The van der Waals surface area contributed by atoms with Crippen molar-refractivity contribution < 1.29 is 8.42 Å². The van der Waals surface area contributed by atoms with Crippen LogP contribution in [-0.2, 0) is 28.9 Å². The van der Waals surface area contributed by atoms with E-state index in [2.05, 4.69) is 9.71 Å². The van der Waals surface area contributed by atoms with Crippen molar-refractivity contribution in [3.05, 3.63) is 52.0 Å². The van der Waals surface area contributed by atoms with Crippen molar-refractivity contribution in [1.82, 2.24) is 9.71 Å². The van der Waals surface area contributed by atoms with Crippen molar-refractivity contribution in [3.8, 4) is 0 Å². The Hall–Kier alpha value is -1.28. The van der Waals surface area contributed by atoms with E-state index in [1.54, 1.807) is 11.6 Å². The van der Waals surface area contributed by atoms with Crippen LogP contribution < -0.4 is 10.5 Å². The fourth-order valence-electron chi connectivity index (χ4n) is 1.63. The summed E-state index contributed by atoms with van der Waals surface area (Å²) in [5.74, 6) is -0.0506. The summed E-state index contributed by atoms with van der Waals surface area (Å²) >= 11 is 1.44. The summed E-state index contributed by atoms with van der Waals surface area (Å²) in [6.07, 6.45) is 0. The van der Waals surface area contributed by atoms with Crippen molar-refractivity contribution >= 4 is 21.4 Å². The maximum Gasteiger partial charge on any atom is 0.216 e. The third kappa shape index (κ3) is 4.39. The summed E-state index contributed by atoms with van der Waals surface area (Å²) in [7, 11) is -3.36. The maximum absolute atomic E-state index is 11.9. The number of nitrogens with one attached hydrogen (secondary N) is 1. The first-order valence-electron chi connectivity index (χ1n) is 5.71. The quantitative estimate of drug-likeness (QED) is 0.839. The largest absolute Gasteiger partial charge is 0.326 e. The number of sulfonamides is 1. The molecule has 0 atom stereocenters. The Labute approximate surface area is 116 Å². The Morgan fingerprint density at radius 3 is 2.79 bits per heavy atom. The molecule has 0 fully saturated rings. The van der Waals surface area contributed by atoms with Gasteiger partial charge in [-0.15, -0.1) is 11.3 Å². The first kappa shape index (κ1) is 14.1. The Morgan fingerprint density at radius 1 is 1.32 bits per heavy atom. The van der Waals surface area contributed by atoms with Crippen LogP contribution in [0.1, 0.15) is 16.8 Å². The monoisotopic (exact) mass is 297 g/mol. The molecule has 1 aromatic carbocycles. The van der Waals surface area contributed by atoms with Gasteiger partial charge in [0.1, 0.15) is 0 Å². The molecule has 2 aromatic rings. The summed E-state index contributed by atoms with van der Waals surface area (Å²) in [6, 6.07) is 7.27. The van der Waals surface area contributed by atoms with Gasteiger partial charge in [-0.05, 0) is 11.1 Å². The third-order valence-corrected chi connectivity index (χ3v) is 4.47. The average Bonchev–Trinajstić information content (AvgIpc) is 2.89. The van der Waals surface area contributed by atoms with Crippen LogP contribution in [0.5, 0.6) is 0 Å². The lowest BCUT2D eigenvalue weighted by Crippen LogP contribution is -2.24. The van der Waals surface area contributed by atoms with Crippen LogP contribution in [0.4, 0.5) is 0 Å². The van der Waals surface area contributed by atoms with Gasteiger partial charge in [-0.2, -0.15) is 0 Å². The molecule has 7 heteroatoms. The van der Waals surface area contributed by atoms with Crippen molar-refractivity contribution in [2.75, 3.05) is 0 Å². The predicted octanol–water partition coefficient (Wildman–Crippen LogP) is 1.22. The minimum absolute atomic E-state index is 0.0506. The van der Waals surface area contributed by atoms with E-state index in [9.17, 15) is 8.42 Å². The van der Waals surface area contributed by atoms with E-state index in [0.29, 0.717) is 6.54 Å². The number of nitrogens with two attached hydrogens (primary N) is 1. The van der Waals surface area contributed by atoms with E-state index in [1.165, 1.54) is 11.3 Å². The topological polar surface area (TPSA) is 85.1 Å². The minimum atomic E-state index is -3.36. The summed E-state index contributed by atoms with van der Waals surface area (Å²) in [5, 5.41) is 1.82. The van der Waals surface area contributed by atoms with E-state index in [-0.39, 0.29) is 12.3 Å². The van der Waals surface area contributed by atoms with Gasteiger partial charge in [-0.3, -0.25) is 0 Å². The smallest absolute Gasteiger partial charge is 0.216 e. The number of benzene rings is 1. The molecule has 3 N–H and O–H groups in total. The van der Waals surface area contributed by atoms with Gasteiger partial charge >= 0.3 is 0 Å². The second-order valence-corrected chi connectivity index (χ2v) is 6.61. The Kier molecular flexibility index (Phi) is 4.65. The van der Waals surface area contributed by atoms with Gasteiger partial charge in [-0.1, -0.05) is 24.3 Å². The second kappa shape index (κ2) is 6.25. The molecule has 0 saturated heterocycles. The van der Waals surface area contributed by atoms with Crippen LogP contribution in [-0.4, -0.2) is 13.4 Å². The highest BCUT2D eigenvalue weighted by Gasteiger charge is 2.12. The predicted molar refractivity (Wildman–Crippen MR) is 75.9 cm³/mol. The lowest BCUT2D eigenvalue weighted by molar-refractivity contribution is 0.579. The lowest BCUT2D eigenvalue weighted by atomic mass is 10.1. The maximum atomic E-state index is 11.9. The molecule has 19 heavy (non-hydrogen) atoms. The first-order chi connectivity index (χ1) is 9.09. The third-order valence-electron chi connectivity index (χ3n) is 2.54. The highest BCUT2D eigenvalue weighted by molar-refractivity contribution is 7.88. The van der Waals surface area contributed by atoms with Crippen LogP contribution in [0.2, 0.25) is 0 Å². The van der Waals surface area contributed by atoms with Crippen LogP contribution in [0.15, 0.2) is 35.2 Å². The fraction of sp³-hybridized carbons (Fsp3) is 0.250. The highest BCUT2D eigenvalue weighted by Crippen LogP contribution is 2.09. The fourth-order valence-corrected chi connectivity index (χ4v) is 3.27. The van der Waals surface area contributed by atoms with E-state index >= 15 is 0 Å². The lowest BCUT2D eigenvalue weighted by Gasteiger charge is -2.06. The van der Waals surface area contributed by atoms with Crippen molar-refractivity contribution in [3.63, 3.8) is 0 Å². The molecule has 0 saturated carbocycles.